The van der Waals surface area contributed by atoms with Crippen molar-refractivity contribution in [3.8, 4) is 5.75 Å². The van der Waals surface area contributed by atoms with E-state index in [0.29, 0.717) is 6.42 Å². The molecule has 2 aromatic rings. The summed E-state index contributed by atoms with van der Waals surface area (Å²) >= 11 is 6.95. The predicted octanol–water partition coefficient (Wildman–Crippen LogP) is 4.80. The highest BCUT2D eigenvalue weighted by Gasteiger charge is 2.15. The summed E-state index contributed by atoms with van der Waals surface area (Å²) in [5.41, 5.74) is 2.98. The molecule has 0 saturated heterocycles. The van der Waals surface area contributed by atoms with Gasteiger partial charge >= 0.3 is 0 Å². The quantitative estimate of drug-likeness (QED) is 0.799. The van der Waals surface area contributed by atoms with Crippen LogP contribution in [0.1, 0.15) is 22.8 Å². The Kier molecular flexibility index (Phi) is 5.24. The average molecular weight is 400 g/mol. The SMILES string of the molecule is COc1ccc(Br)cc1CC(O)c1cccc(Br)c1C. The molecule has 0 bridgehead atoms. The van der Waals surface area contributed by atoms with Crippen molar-refractivity contribution in [2.24, 2.45) is 0 Å². The number of halogens is 2. The van der Waals surface area contributed by atoms with Gasteiger partial charge in [-0.3, -0.25) is 0 Å². The van der Waals surface area contributed by atoms with Crippen LogP contribution in [0.5, 0.6) is 5.75 Å². The molecule has 2 rings (SSSR count). The van der Waals surface area contributed by atoms with Crippen molar-refractivity contribution in [3.05, 3.63) is 62.0 Å². The minimum atomic E-state index is -0.560. The molecule has 4 heteroatoms. The molecule has 0 radical (unpaired) electrons. The van der Waals surface area contributed by atoms with Gasteiger partial charge in [-0.2, -0.15) is 0 Å². The molecule has 0 aliphatic carbocycles. The van der Waals surface area contributed by atoms with E-state index < -0.39 is 6.10 Å². The van der Waals surface area contributed by atoms with E-state index in [2.05, 4.69) is 31.9 Å². The summed E-state index contributed by atoms with van der Waals surface area (Å²) in [5, 5.41) is 10.5. The van der Waals surface area contributed by atoms with Crippen LogP contribution in [-0.4, -0.2) is 12.2 Å². The van der Waals surface area contributed by atoms with Gasteiger partial charge in [0.25, 0.3) is 0 Å². The first-order valence-electron chi connectivity index (χ1n) is 6.28. The molecule has 0 heterocycles. The van der Waals surface area contributed by atoms with Crippen molar-refractivity contribution in [2.45, 2.75) is 19.4 Å². The maximum atomic E-state index is 10.5. The second kappa shape index (κ2) is 6.74. The Bertz CT molecular complexity index is 611. The zero-order chi connectivity index (χ0) is 14.7. The predicted molar refractivity (Wildman–Crippen MR) is 88.2 cm³/mol. The minimum Gasteiger partial charge on any atom is -0.496 e. The van der Waals surface area contributed by atoms with Crippen LogP contribution < -0.4 is 4.74 Å². The van der Waals surface area contributed by atoms with Crippen LogP contribution in [-0.2, 0) is 6.42 Å². The number of benzene rings is 2. The summed E-state index contributed by atoms with van der Waals surface area (Å²) in [5.74, 6) is 0.792. The largest absolute Gasteiger partial charge is 0.496 e. The molecule has 2 aromatic carbocycles. The van der Waals surface area contributed by atoms with E-state index in [1.54, 1.807) is 7.11 Å². The van der Waals surface area contributed by atoms with Crippen LogP contribution in [0.2, 0.25) is 0 Å². The van der Waals surface area contributed by atoms with Gasteiger partial charge in [0.05, 0.1) is 13.2 Å². The smallest absolute Gasteiger partial charge is 0.122 e. The Hall–Kier alpha value is -0.840. The van der Waals surface area contributed by atoms with E-state index in [1.807, 2.05) is 43.3 Å². The van der Waals surface area contributed by atoms with Gasteiger partial charge in [0.1, 0.15) is 5.75 Å². The lowest BCUT2D eigenvalue weighted by Gasteiger charge is -2.16. The topological polar surface area (TPSA) is 29.5 Å². The third-order valence-electron chi connectivity index (χ3n) is 3.32. The number of ether oxygens (including phenoxy) is 1. The van der Waals surface area contributed by atoms with Gasteiger partial charge in [-0.05, 0) is 47.9 Å². The highest BCUT2D eigenvalue weighted by molar-refractivity contribution is 9.10. The molecule has 2 nitrogen and oxygen atoms in total. The lowest BCUT2D eigenvalue weighted by atomic mass is 9.97. The molecule has 20 heavy (non-hydrogen) atoms. The van der Waals surface area contributed by atoms with Gasteiger partial charge < -0.3 is 9.84 Å². The van der Waals surface area contributed by atoms with Gasteiger partial charge in [0, 0.05) is 15.4 Å². The molecule has 0 aromatic heterocycles. The molecule has 106 valence electrons. The normalized spacial score (nSPS) is 12.2. The van der Waals surface area contributed by atoms with Gasteiger partial charge in [0.15, 0.2) is 0 Å². The molecule has 1 atom stereocenters. The molecule has 0 spiro atoms. The second-order valence-electron chi connectivity index (χ2n) is 4.63. The van der Waals surface area contributed by atoms with Crippen molar-refractivity contribution in [3.63, 3.8) is 0 Å². The molecule has 0 aliphatic rings. The van der Waals surface area contributed by atoms with Crippen LogP contribution in [0.3, 0.4) is 0 Å². The first-order valence-corrected chi connectivity index (χ1v) is 7.87. The molecular formula is C16H16Br2O2. The maximum absolute atomic E-state index is 10.5. The molecule has 1 N–H and O–H groups in total. The Balaban J connectivity index is 2.30. The van der Waals surface area contributed by atoms with Crippen molar-refractivity contribution in [1.29, 1.82) is 0 Å². The second-order valence-corrected chi connectivity index (χ2v) is 6.40. The monoisotopic (exact) mass is 398 g/mol. The van der Waals surface area contributed by atoms with Crippen molar-refractivity contribution < 1.29 is 9.84 Å². The van der Waals surface area contributed by atoms with E-state index >= 15 is 0 Å². The Morgan fingerprint density at radius 1 is 1.20 bits per heavy atom. The fourth-order valence-corrected chi connectivity index (χ4v) is 3.00. The standard InChI is InChI=1S/C16H16Br2O2/c1-10-13(4-3-5-14(10)18)15(19)9-11-8-12(17)6-7-16(11)20-2/h3-8,15,19H,9H2,1-2H3. The van der Waals surface area contributed by atoms with Crippen molar-refractivity contribution >= 4 is 31.9 Å². The maximum Gasteiger partial charge on any atom is 0.122 e. The van der Waals surface area contributed by atoms with E-state index in [9.17, 15) is 5.11 Å². The zero-order valence-electron chi connectivity index (χ0n) is 11.4. The van der Waals surface area contributed by atoms with Gasteiger partial charge in [0.2, 0.25) is 0 Å². The number of hydrogen-bond donors (Lipinski definition) is 1. The van der Waals surface area contributed by atoms with Crippen LogP contribution in [0.15, 0.2) is 45.3 Å². The fourth-order valence-electron chi connectivity index (χ4n) is 2.21. The number of aliphatic hydroxyl groups excluding tert-OH is 1. The van der Waals surface area contributed by atoms with Gasteiger partial charge in [-0.1, -0.05) is 44.0 Å². The van der Waals surface area contributed by atoms with Crippen LogP contribution in [0.4, 0.5) is 0 Å². The first-order chi connectivity index (χ1) is 9.52. The number of hydrogen-bond acceptors (Lipinski definition) is 2. The summed E-state index contributed by atoms with van der Waals surface area (Å²) in [6.45, 7) is 2.00. The molecular weight excluding hydrogens is 384 g/mol. The van der Waals surface area contributed by atoms with E-state index in [1.165, 1.54) is 0 Å². The first kappa shape index (κ1) is 15.5. The van der Waals surface area contributed by atoms with Crippen LogP contribution in [0, 0.1) is 6.92 Å². The third-order valence-corrected chi connectivity index (χ3v) is 4.68. The summed E-state index contributed by atoms with van der Waals surface area (Å²) in [6, 6.07) is 11.7. The van der Waals surface area contributed by atoms with Crippen LogP contribution >= 0.6 is 31.9 Å². The summed E-state index contributed by atoms with van der Waals surface area (Å²) in [4.78, 5) is 0. The van der Waals surface area contributed by atoms with Crippen molar-refractivity contribution in [2.75, 3.05) is 7.11 Å². The molecule has 0 saturated carbocycles. The van der Waals surface area contributed by atoms with E-state index in [4.69, 9.17) is 4.74 Å². The highest BCUT2D eigenvalue weighted by Crippen LogP contribution is 2.30. The van der Waals surface area contributed by atoms with Gasteiger partial charge in [-0.15, -0.1) is 0 Å². The molecule has 0 aliphatic heterocycles. The lowest BCUT2D eigenvalue weighted by Crippen LogP contribution is -2.05. The summed E-state index contributed by atoms with van der Waals surface area (Å²) in [6.07, 6.45) is -0.0457. The molecule has 0 fully saturated rings. The lowest BCUT2D eigenvalue weighted by molar-refractivity contribution is 0.176. The number of methoxy groups -OCH3 is 1. The third kappa shape index (κ3) is 3.43. The zero-order valence-corrected chi connectivity index (χ0v) is 14.5. The highest BCUT2D eigenvalue weighted by atomic mass is 79.9. The summed E-state index contributed by atoms with van der Waals surface area (Å²) < 4.78 is 7.34. The van der Waals surface area contributed by atoms with Gasteiger partial charge in [-0.25, -0.2) is 0 Å². The Morgan fingerprint density at radius 3 is 2.65 bits per heavy atom. The number of rotatable bonds is 4. The van der Waals surface area contributed by atoms with Crippen LogP contribution in [0.25, 0.3) is 0 Å². The summed E-state index contributed by atoms with van der Waals surface area (Å²) in [7, 11) is 1.64. The van der Waals surface area contributed by atoms with E-state index in [-0.39, 0.29) is 0 Å². The molecule has 1 unspecified atom stereocenters. The Morgan fingerprint density at radius 2 is 1.95 bits per heavy atom. The van der Waals surface area contributed by atoms with E-state index in [0.717, 1.165) is 31.4 Å². The molecule has 0 amide bonds. The number of aliphatic hydroxyl groups is 1. The van der Waals surface area contributed by atoms with Crippen molar-refractivity contribution in [1.82, 2.24) is 0 Å². The minimum absolute atomic E-state index is 0.514. The fraction of sp³-hybridized carbons (Fsp3) is 0.250. The average Bonchev–Trinajstić information content (AvgIpc) is 2.42. The Labute approximate surface area is 136 Å².